The number of anilines is 1. The zero-order chi connectivity index (χ0) is 13.0. The Morgan fingerprint density at radius 2 is 2.11 bits per heavy atom. The van der Waals surface area contributed by atoms with Crippen LogP contribution in [0.15, 0.2) is 64.4 Å². The first kappa shape index (κ1) is 12.2. The topological polar surface area (TPSA) is 58.6 Å². The molecule has 0 fully saturated rings. The molecule has 18 heavy (non-hydrogen) atoms. The Morgan fingerprint density at radius 3 is 2.83 bits per heavy atom. The summed E-state index contributed by atoms with van der Waals surface area (Å²) in [4.78, 5) is 4.30. The normalized spacial score (nSPS) is 17.9. The van der Waals surface area contributed by atoms with Crippen LogP contribution in [-0.2, 0) is 0 Å². The number of hydrogen-bond acceptors (Lipinski definition) is 3. The van der Waals surface area contributed by atoms with Gasteiger partial charge < -0.3 is 10.8 Å². The molecule has 0 aliphatic heterocycles. The second kappa shape index (κ2) is 5.36. The van der Waals surface area contributed by atoms with Crippen molar-refractivity contribution >= 4 is 17.6 Å². The molecule has 0 saturated carbocycles. The number of nitrogens with zero attached hydrogens (tertiary/aromatic N) is 1. The molecule has 0 aromatic heterocycles. The minimum atomic E-state index is 0.263. The fraction of sp³-hybridized carbons (Fsp3) is 0.133. The third kappa shape index (κ3) is 2.69. The predicted octanol–water partition coefficient (Wildman–Crippen LogP) is 3.69. The molecule has 0 spiro atoms. The summed E-state index contributed by atoms with van der Waals surface area (Å²) in [7, 11) is 0. The molecule has 3 heteroatoms. The van der Waals surface area contributed by atoms with E-state index < -0.39 is 0 Å². The lowest BCUT2D eigenvalue weighted by atomic mass is 10.0. The maximum atomic E-state index is 9.77. The van der Waals surface area contributed by atoms with Crippen molar-refractivity contribution in [3.05, 3.63) is 59.4 Å². The molecule has 0 atom stereocenters. The maximum absolute atomic E-state index is 9.77. The first-order valence-electron chi connectivity index (χ1n) is 5.85. The fourth-order valence-corrected chi connectivity index (χ4v) is 1.71. The number of benzene rings is 1. The molecule has 0 radical (unpaired) electrons. The van der Waals surface area contributed by atoms with E-state index in [0.29, 0.717) is 16.9 Å². The molecule has 1 aromatic rings. The van der Waals surface area contributed by atoms with Crippen LogP contribution in [0.25, 0.3) is 0 Å². The molecule has 0 heterocycles. The van der Waals surface area contributed by atoms with E-state index in [4.69, 9.17) is 5.73 Å². The number of hydrogen-bond donors (Lipinski definition) is 2. The van der Waals surface area contributed by atoms with Gasteiger partial charge in [0, 0.05) is 11.8 Å². The van der Waals surface area contributed by atoms with Crippen LogP contribution in [0, 0.1) is 0 Å². The van der Waals surface area contributed by atoms with Crippen molar-refractivity contribution in [2.45, 2.75) is 13.3 Å². The Balaban J connectivity index is 2.26. The lowest BCUT2D eigenvalue weighted by Crippen LogP contribution is -1.97. The van der Waals surface area contributed by atoms with Crippen LogP contribution in [0.5, 0.6) is 0 Å². The van der Waals surface area contributed by atoms with Crippen molar-refractivity contribution < 1.29 is 5.11 Å². The van der Waals surface area contributed by atoms with E-state index in [1.54, 1.807) is 18.4 Å². The number of allylic oxidation sites excluding steroid dienone is 5. The molecule has 1 aromatic carbocycles. The van der Waals surface area contributed by atoms with E-state index in [2.05, 4.69) is 4.99 Å². The van der Waals surface area contributed by atoms with Crippen LogP contribution < -0.4 is 5.73 Å². The summed E-state index contributed by atoms with van der Waals surface area (Å²) in [5.74, 6) is 0.263. The Kier molecular flexibility index (Phi) is 3.63. The second-order valence-electron chi connectivity index (χ2n) is 4.07. The van der Waals surface area contributed by atoms with Crippen molar-refractivity contribution in [1.29, 1.82) is 0 Å². The van der Waals surface area contributed by atoms with Crippen molar-refractivity contribution in [2.75, 3.05) is 5.73 Å². The van der Waals surface area contributed by atoms with E-state index in [0.717, 1.165) is 12.0 Å². The summed E-state index contributed by atoms with van der Waals surface area (Å²) in [6, 6.07) is 7.39. The average molecular weight is 240 g/mol. The van der Waals surface area contributed by atoms with Gasteiger partial charge in [-0.2, -0.15) is 0 Å². The molecule has 92 valence electrons. The van der Waals surface area contributed by atoms with E-state index in [1.807, 2.05) is 37.3 Å². The van der Waals surface area contributed by atoms with Gasteiger partial charge in [-0.1, -0.05) is 18.2 Å². The number of aliphatic hydroxyl groups is 1. The highest BCUT2D eigenvalue weighted by atomic mass is 16.3. The van der Waals surface area contributed by atoms with Crippen molar-refractivity contribution in [2.24, 2.45) is 4.99 Å². The van der Waals surface area contributed by atoms with Crippen LogP contribution in [0.1, 0.15) is 13.3 Å². The minimum absolute atomic E-state index is 0.263. The summed E-state index contributed by atoms with van der Waals surface area (Å²) < 4.78 is 0. The summed E-state index contributed by atoms with van der Waals surface area (Å²) >= 11 is 0. The second-order valence-corrected chi connectivity index (χ2v) is 4.07. The fourth-order valence-electron chi connectivity index (χ4n) is 1.71. The number of aliphatic hydroxyl groups excluding tert-OH is 1. The number of aliphatic imine (C=N–C) groups is 1. The van der Waals surface area contributed by atoms with Gasteiger partial charge in [0.25, 0.3) is 0 Å². The lowest BCUT2D eigenvalue weighted by Gasteiger charge is -2.09. The molecule has 1 aliphatic rings. The predicted molar refractivity (Wildman–Crippen MR) is 76.2 cm³/mol. The quantitative estimate of drug-likeness (QED) is 0.611. The van der Waals surface area contributed by atoms with Crippen LogP contribution in [-0.4, -0.2) is 11.3 Å². The molecule has 0 unspecified atom stereocenters. The average Bonchev–Trinajstić information content (AvgIpc) is 2.39. The van der Waals surface area contributed by atoms with Gasteiger partial charge in [-0.3, -0.25) is 4.99 Å². The van der Waals surface area contributed by atoms with Crippen LogP contribution in [0.3, 0.4) is 0 Å². The summed E-state index contributed by atoms with van der Waals surface area (Å²) in [5, 5.41) is 9.77. The third-order valence-electron chi connectivity index (χ3n) is 2.82. The van der Waals surface area contributed by atoms with Crippen LogP contribution in [0.2, 0.25) is 0 Å². The molecular weight excluding hydrogens is 224 g/mol. The van der Waals surface area contributed by atoms with Crippen molar-refractivity contribution in [1.82, 2.24) is 0 Å². The summed E-state index contributed by atoms with van der Waals surface area (Å²) in [6.45, 7) is 1.98. The van der Waals surface area contributed by atoms with Crippen molar-refractivity contribution in [3.8, 4) is 0 Å². The molecule has 2 rings (SSSR count). The number of nitrogen functional groups attached to an aromatic ring is 1. The van der Waals surface area contributed by atoms with Gasteiger partial charge in [0.05, 0.1) is 11.4 Å². The molecule has 0 saturated heterocycles. The highest BCUT2D eigenvalue weighted by Crippen LogP contribution is 2.23. The van der Waals surface area contributed by atoms with Gasteiger partial charge in [0.15, 0.2) is 0 Å². The zero-order valence-corrected chi connectivity index (χ0v) is 10.3. The van der Waals surface area contributed by atoms with Gasteiger partial charge in [0.1, 0.15) is 5.76 Å². The van der Waals surface area contributed by atoms with Crippen LogP contribution in [0.4, 0.5) is 11.4 Å². The first-order valence-corrected chi connectivity index (χ1v) is 5.85. The Bertz CT molecular complexity index is 566. The van der Waals surface area contributed by atoms with E-state index in [-0.39, 0.29) is 5.76 Å². The van der Waals surface area contributed by atoms with Gasteiger partial charge >= 0.3 is 0 Å². The number of nitrogens with two attached hydrogens (primary N) is 1. The zero-order valence-electron chi connectivity index (χ0n) is 10.3. The standard InChI is InChI=1S/C15H16N2O/c1-2-11-7-8-15(18)12(9-11)10-17-14-6-4-3-5-13(14)16/h2-6,8-10,18H,7,16H2,1H3. The first-order chi connectivity index (χ1) is 8.70. The summed E-state index contributed by atoms with van der Waals surface area (Å²) in [6.07, 6.45) is 8.13. The summed E-state index contributed by atoms with van der Waals surface area (Å²) in [5.41, 5.74) is 9.00. The molecule has 3 nitrogen and oxygen atoms in total. The molecule has 1 aliphatic carbocycles. The van der Waals surface area contributed by atoms with E-state index >= 15 is 0 Å². The number of rotatable bonds is 2. The van der Waals surface area contributed by atoms with Gasteiger partial charge in [-0.05, 0) is 43.2 Å². The van der Waals surface area contributed by atoms with Gasteiger partial charge in [0.2, 0.25) is 0 Å². The Labute approximate surface area is 107 Å². The lowest BCUT2D eigenvalue weighted by molar-refractivity contribution is 0.425. The van der Waals surface area contributed by atoms with Crippen molar-refractivity contribution in [3.63, 3.8) is 0 Å². The monoisotopic (exact) mass is 240 g/mol. The Hall–Kier alpha value is -2.29. The van der Waals surface area contributed by atoms with Gasteiger partial charge in [-0.15, -0.1) is 0 Å². The molecule has 3 N–H and O–H groups in total. The van der Waals surface area contributed by atoms with E-state index in [9.17, 15) is 5.11 Å². The Morgan fingerprint density at radius 1 is 1.33 bits per heavy atom. The molecular formula is C15H16N2O. The van der Waals surface area contributed by atoms with Gasteiger partial charge in [-0.25, -0.2) is 0 Å². The minimum Gasteiger partial charge on any atom is -0.508 e. The maximum Gasteiger partial charge on any atom is 0.120 e. The molecule has 0 bridgehead atoms. The van der Waals surface area contributed by atoms with E-state index in [1.165, 1.54) is 0 Å². The largest absolute Gasteiger partial charge is 0.508 e. The highest BCUT2D eigenvalue weighted by molar-refractivity contribution is 5.88. The highest BCUT2D eigenvalue weighted by Gasteiger charge is 2.07. The SMILES string of the molecule is CC=C1C=C(C=Nc2ccccc2N)C(O)=CC1. The third-order valence-corrected chi connectivity index (χ3v) is 2.82. The number of para-hydroxylation sites is 2. The smallest absolute Gasteiger partial charge is 0.120 e. The molecule has 0 amide bonds. The van der Waals surface area contributed by atoms with Crippen LogP contribution >= 0.6 is 0 Å².